The van der Waals surface area contributed by atoms with Crippen LogP contribution in [0.25, 0.3) is 0 Å². The largest absolute Gasteiger partial charge is 0.338 e. The molecule has 0 aromatic rings. The maximum atomic E-state index is 12.0. The Morgan fingerprint density at radius 2 is 0.413 bits per heavy atom. The molecule has 0 unspecified atom stereocenters. The average Bonchev–Trinajstić information content (AvgIpc) is 3.05. The number of carbonyl (C=O) groups excluding carboxylic acids is 2. The van der Waals surface area contributed by atoms with Gasteiger partial charge in [0.25, 0.3) is 0 Å². The number of carbonyl (C=O) groups is 2. The van der Waals surface area contributed by atoms with Crippen molar-refractivity contribution in [3.8, 4) is 0 Å². The minimum atomic E-state index is -0.0163. The van der Waals surface area contributed by atoms with Gasteiger partial charge in [0.05, 0.1) is 0 Å². The second-order valence-corrected chi connectivity index (χ2v) is 14.0. The van der Waals surface area contributed by atoms with E-state index >= 15 is 0 Å². The first-order valence-corrected chi connectivity index (χ1v) is 20.7. The SMILES string of the molecule is CCCCCCCCCCCCCCCNC(=O)NCCCCCCCCNC(=O)NCCCCCCCCCCCCCCC. The molecule has 0 aliphatic carbocycles. The summed E-state index contributed by atoms with van der Waals surface area (Å²) in [4.78, 5) is 23.9. The van der Waals surface area contributed by atoms with Crippen LogP contribution in [0.2, 0.25) is 0 Å². The zero-order valence-corrected chi connectivity index (χ0v) is 31.3. The molecule has 4 N–H and O–H groups in total. The van der Waals surface area contributed by atoms with E-state index in [1.165, 1.54) is 167 Å². The van der Waals surface area contributed by atoms with Crippen LogP contribution in [0.1, 0.15) is 219 Å². The Bertz CT molecular complexity index is 564. The third-order valence-corrected chi connectivity index (χ3v) is 9.31. The molecule has 0 aliphatic rings. The van der Waals surface area contributed by atoms with Crippen molar-refractivity contribution in [2.24, 2.45) is 0 Å². The Morgan fingerprint density at radius 1 is 0.261 bits per heavy atom. The maximum absolute atomic E-state index is 12.0. The van der Waals surface area contributed by atoms with Gasteiger partial charge in [-0.2, -0.15) is 0 Å². The Morgan fingerprint density at radius 3 is 0.587 bits per heavy atom. The second-order valence-electron chi connectivity index (χ2n) is 14.0. The van der Waals surface area contributed by atoms with Crippen LogP contribution in [0, 0.1) is 0 Å². The van der Waals surface area contributed by atoms with E-state index < -0.39 is 0 Å². The molecule has 0 bridgehead atoms. The van der Waals surface area contributed by atoms with E-state index in [0.29, 0.717) is 0 Å². The molecule has 0 atom stereocenters. The Kier molecular flexibility index (Phi) is 38.5. The van der Waals surface area contributed by atoms with Gasteiger partial charge in [-0.25, -0.2) is 9.59 Å². The zero-order valence-electron chi connectivity index (χ0n) is 31.3. The van der Waals surface area contributed by atoms with Crippen molar-refractivity contribution in [2.45, 2.75) is 219 Å². The van der Waals surface area contributed by atoms with Crippen molar-refractivity contribution in [1.29, 1.82) is 0 Å². The molecule has 4 amide bonds. The number of nitrogens with one attached hydrogen (secondary N) is 4. The van der Waals surface area contributed by atoms with Gasteiger partial charge in [-0.1, -0.05) is 194 Å². The molecule has 274 valence electrons. The van der Waals surface area contributed by atoms with Gasteiger partial charge in [-0.15, -0.1) is 0 Å². The molecule has 6 heteroatoms. The van der Waals surface area contributed by atoms with Crippen molar-refractivity contribution in [1.82, 2.24) is 21.3 Å². The van der Waals surface area contributed by atoms with E-state index in [-0.39, 0.29) is 12.1 Å². The number of hydrogen-bond donors (Lipinski definition) is 4. The van der Waals surface area contributed by atoms with Gasteiger partial charge in [-0.05, 0) is 25.7 Å². The van der Waals surface area contributed by atoms with E-state index in [1.807, 2.05) is 0 Å². The van der Waals surface area contributed by atoms with E-state index in [1.54, 1.807) is 0 Å². The van der Waals surface area contributed by atoms with Crippen molar-refractivity contribution < 1.29 is 9.59 Å². The van der Waals surface area contributed by atoms with Gasteiger partial charge in [-0.3, -0.25) is 0 Å². The quantitative estimate of drug-likeness (QED) is 0.0505. The minimum Gasteiger partial charge on any atom is -0.338 e. The third-order valence-electron chi connectivity index (χ3n) is 9.31. The third kappa shape index (κ3) is 38.7. The predicted octanol–water partition coefficient (Wildman–Crippen LogP) is 12.1. The highest BCUT2D eigenvalue weighted by Crippen LogP contribution is 2.13. The zero-order chi connectivity index (χ0) is 33.4. The standard InChI is InChI=1S/C40H82N4O2/c1-3-5-7-9-11-13-15-17-19-21-23-27-31-35-41-39(45)43-37-33-29-25-26-30-34-38-44-40(46)42-36-32-28-24-22-20-18-16-14-12-10-8-6-4-2/h3-38H2,1-2H3,(H2,41,43,45)(H2,42,44,46). The van der Waals surface area contributed by atoms with E-state index in [4.69, 9.17) is 0 Å². The second kappa shape index (κ2) is 39.7. The molecule has 0 rings (SSSR count). The lowest BCUT2D eigenvalue weighted by Crippen LogP contribution is -2.36. The Balaban J connectivity index is 3.23. The molecular formula is C40H82N4O2. The fraction of sp³-hybridized carbons (Fsp3) is 0.950. The van der Waals surface area contributed by atoms with Crippen molar-refractivity contribution in [3.05, 3.63) is 0 Å². The van der Waals surface area contributed by atoms with Gasteiger partial charge in [0.15, 0.2) is 0 Å². The Hall–Kier alpha value is -1.46. The molecule has 0 radical (unpaired) electrons. The monoisotopic (exact) mass is 651 g/mol. The first kappa shape index (κ1) is 44.5. The highest BCUT2D eigenvalue weighted by molar-refractivity contribution is 5.74. The lowest BCUT2D eigenvalue weighted by Gasteiger charge is -2.08. The van der Waals surface area contributed by atoms with Gasteiger partial charge < -0.3 is 21.3 Å². The first-order chi connectivity index (χ1) is 22.7. The molecule has 0 saturated heterocycles. The normalized spacial score (nSPS) is 11.1. The molecule has 0 saturated carbocycles. The van der Waals surface area contributed by atoms with Crippen LogP contribution in [0.4, 0.5) is 9.59 Å². The van der Waals surface area contributed by atoms with Gasteiger partial charge in [0.1, 0.15) is 0 Å². The summed E-state index contributed by atoms with van der Waals surface area (Å²) in [6.07, 6.45) is 41.8. The van der Waals surface area contributed by atoms with Gasteiger partial charge >= 0.3 is 12.1 Å². The molecule has 46 heavy (non-hydrogen) atoms. The first-order valence-electron chi connectivity index (χ1n) is 20.7. The lowest BCUT2D eigenvalue weighted by atomic mass is 10.0. The molecule has 0 aliphatic heterocycles. The van der Waals surface area contributed by atoms with Crippen molar-refractivity contribution in [3.63, 3.8) is 0 Å². The summed E-state index contributed by atoms with van der Waals surface area (Å²) in [5.41, 5.74) is 0. The Labute approximate surface area is 287 Å². The maximum Gasteiger partial charge on any atom is 0.314 e. The number of amides is 4. The topological polar surface area (TPSA) is 82.3 Å². The minimum absolute atomic E-state index is 0.0163. The molecule has 0 heterocycles. The summed E-state index contributed by atoms with van der Waals surface area (Å²) in [5.74, 6) is 0. The van der Waals surface area contributed by atoms with Crippen molar-refractivity contribution >= 4 is 12.1 Å². The van der Waals surface area contributed by atoms with E-state index in [2.05, 4.69) is 35.1 Å². The van der Waals surface area contributed by atoms with Gasteiger partial charge in [0, 0.05) is 26.2 Å². The summed E-state index contributed by atoms with van der Waals surface area (Å²) in [6, 6.07) is -0.0326. The average molecular weight is 651 g/mol. The van der Waals surface area contributed by atoms with E-state index in [0.717, 1.165) is 64.7 Å². The van der Waals surface area contributed by atoms with Crippen LogP contribution in [0.5, 0.6) is 0 Å². The summed E-state index contributed by atoms with van der Waals surface area (Å²) >= 11 is 0. The molecular weight excluding hydrogens is 568 g/mol. The molecule has 0 spiro atoms. The van der Waals surface area contributed by atoms with E-state index in [9.17, 15) is 9.59 Å². The highest BCUT2D eigenvalue weighted by atomic mass is 16.2. The van der Waals surface area contributed by atoms with Gasteiger partial charge in [0.2, 0.25) is 0 Å². The fourth-order valence-electron chi connectivity index (χ4n) is 6.18. The number of hydrogen-bond acceptors (Lipinski definition) is 2. The summed E-state index contributed by atoms with van der Waals surface area (Å²) < 4.78 is 0. The fourth-order valence-corrected chi connectivity index (χ4v) is 6.18. The highest BCUT2D eigenvalue weighted by Gasteiger charge is 2.01. The van der Waals surface area contributed by atoms with Crippen molar-refractivity contribution in [2.75, 3.05) is 26.2 Å². The predicted molar refractivity (Wildman–Crippen MR) is 202 cm³/mol. The summed E-state index contributed by atoms with van der Waals surface area (Å²) in [6.45, 7) is 7.64. The van der Waals surface area contributed by atoms with Crippen LogP contribution >= 0.6 is 0 Å². The molecule has 6 nitrogen and oxygen atoms in total. The van der Waals surface area contributed by atoms with Crippen LogP contribution in [-0.2, 0) is 0 Å². The molecule has 0 fully saturated rings. The smallest absolute Gasteiger partial charge is 0.314 e. The van der Waals surface area contributed by atoms with Crippen LogP contribution in [0.15, 0.2) is 0 Å². The molecule has 0 aromatic carbocycles. The van der Waals surface area contributed by atoms with Crippen LogP contribution < -0.4 is 21.3 Å². The number of rotatable bonds is 37. The lowest BCUT2D eigenvalue weighted by molar-refractivity contribution is 0.239. The van der Waals surface area contributed by atoms with Crippen LogP contribution in [0.3, 0.4) is 0 Å². The summed E-state index contributed by atoms with van der Waals surface area (Å²) in [5, 5.41) is 12.0. The van der Waals surface area contributed by atoms with Crippen LogP contribution in [-0.4, -0.2) is 38.2 Å². The summed E-state index contributed by atoms with van der Waals surface area (Å²) in [7, 11) is 0. The number of unbranched alkanes of at least 4 members (excludes halogenated alkanes) is 29. The molecule has 0 aromatic heterocycles. The number of urea groups is 2.